The Morgan fingerprint density at radius 3 is 2.77 bits per heavy atom. The summed E-state index contributed by atoms with van der Waals surface area (Å²) in [5.41, 5.74) is 4.81. The SMILES string of the molecule is Cc1ccc2cc(C(=O)N[C@H](C)c3cnn(C)c3C)[nH]c2c1. The molecule has 0 saturated carbocycles. The molecule has 0 saturated heterocycles. The molecule has 0 radical (unpaired) electrons. The second-order valence-electron chi connectivity index (χ2n) is 5.78. The van der Waals surface area contributed by atoms with Crippen LogP contribution in [0.5, 0.6) is 0 Å². The van der Waals surface area contributed by atoms with Gasteiger partial charge in [0.25, 0.3) is 5.91 Å². The van der Waals surface area contributed by atoms with E-state index in [4.69, 9.17) is 0 Å². The number of amides is 1. The lowest BCUT2D eigenvalue weighted by Crippen LogP contribution is -2.27. The van der Waals surface area contributed by atoms with Crippen LogP contribution < -0.4 is 5.32 Å². The largest absolute Gasteiger partial charge is 0.351 e. The first kappa shape index (κ1) is 14.4. The molecule has 0 bridgehead atoms. The van der Waals surface area contributed by atoms with Gasteiger partial charge in [0.15, 0.2) is 0 Å². The normalized spacial score (nSPS) is 12.5. The maximum absolute atomic E-state index is 12.4. The molecular weight excluding hydrogens is 276 g/mol. The van der Waals surface area contributed by atoms with Gasteiger partial charge in [0.2, 0.25) is 0 Å². The Kier molecular flexibility index (Phi) is 3.48. The van der Waals surface area contributed by atoms with Crippen molar-refractivity contribution < 1.29 is 4.79 Å². The van der Waals surface area contributed by atoms with Crippen LogP contribution in [0.1, 0.15) is 40.3 Å². The average molecular weight is 296 g/mol. The molecule has 3 aromatic rings. The van der Waals surface area contributed by atoms with Crippen LogP contribution in [0.15, 0.2) is 30.5 Å². The van der Waals surface area contributed by atoms with Gasteiger partial charge in [-0.1, -0.05) is 12.1 Å². The predicted molar refractivity (Wildman–Crippen MR) is 86.9 cm³/mol. The van der Waals surface area contributed by atoms with E-state index in [0.717, 1.165) is 22.2 Å². The molecule has 22 heavy (non-hydrogen) atoms. The standard InChI is InChI=1S/C17H20N4O/c1-10-5-6-13-8-16(20-15(13)7-10)17(22)19-11(2)14-9-18-21(4)12(14)3/h5-9,11,20H,1-4H3,(H,19,22)/t11-/m1/s1. The number of fused-ring (bicyclic) bond motifs is 1. The first-order valence-corrected chi connectivity index (χ1v) is 7.34. The molecule has 2 aromatic heterocycles. The summed E-state index contributed by atoms with van der Waals surface area (Å²) in [6.45, 7) is 6.00. The summed E-state index contributed by atoms with van der Waals surface area (Å²) < 4.78 is 1.81. The fourth-order valence-corrected chi connectivity index (χ4v) is 2.66. The Morgan fingerprint density at radius 2 is 2.09 bits per heavy atom. The molecule has 1 aromatic carbocycles. The van der Waals surface area contributed by atoms with E-state index in [9.17, 15) is 4.79 Å². The van der Waals surface area contributed by atoms with Crippen LogP contribution >= 0.6 is 0 Å². The minimum Gasteiger partial charge on any atom is -0.351 e. The van der Waals surface area contributed by atoms with E-state index >= 15 is 0 Å². The number of aromatic amines is 1. The molecule has 0 aliphatic carbocycles. The number of aromatic nitrogens is 3. The first-order valence-electron chi connectivity index (χ1n) is 7.34. The van der Waals surface area contributed by atoms with Crippen LogP contribution in [0.2, 0.25) is 0 Å². The first-order chi connectivity index (χ1) is 10.5. The zero-order valence-electron chi connectivity index (χ0n) is 13.3. The monoisotopic (exact) mass is 296 g/mol. The van der Waals surface area contributed by atoms with Crippen molar-refractivity contribution in [2.24, 2.45) is 7.05 Å². The van der Waals surface area contributed by atoms with E-state index < -0.39 is 0 Å². The van der Waals surface area contributed by atoms with Crippen molar-refractivity contribution in [3.05, 3.63) is 53.0 Å². The van der Waals surface area contributed by atoms with Gasteiger partial charge < -0.3 is 10.3 Å². The molecule has 2 N–H and O–H groups in total. The highest BCUT2D eigenvalue weighted by Crippen LogP contribution is 2.19. The lowest BCUT2D eigenvalue weighted by Gasteiger charge is -2.13. The fourth-order valence-electron chi connectivity index (χ4n) is 2.66. The van der Waals surface area contributed by atoms with E-state index in [1.165, 1.54) is 5.56 Å². The zero-order valence-corrected chi connectivity index (χ0v) is 13.3. The van der Waals surface area contributed by atoms with Crippen LogP contribution in [0.3, 0.4) is 0 Å². The second-order valence-corrected chi connectivity index (χ2v) is 5.78. The number of nitrogens with zero attached hydrogens (tertiary/aromatic N) is 2. The Balaban J connectivity index is 1.82. The zero-order chi connectivity index (χ0) is 15.9. The summed E-state index contributed by atoms with van der Waals surface area (Å²) in [5, 5.41) is 8.28. The molecule has 0 aliphatic rings. The topological polar surface area (TPSA) is 62.7 Å². The number of nitrogens with one attached hydrogen (secondary N) is 2. The molecular formula is C17H20N4O. The summed E-state index contributed by atoms with van der Waals surface area (Å²) in [6.07, 6.45) is 1.80. The lowest BCUT2D eigenvalue weighted by molar-refractivity contribution is 0.0935. The number of hydrogen-bond donors (Lipinski definition) is 2. The Hall–Kier alpha value is -2.56. The number of H-pyrrole nitrogens is 1. The molecule has 0 aliphatic heterocycles. The third-order valence-corrected chi connectivity index (χ3v) is 4.11. The molecule has 0 unspecified atom stereocenters. The van der Waals surface area contributed by atoms with E-state index in [1.807, 2.05) is 56.8 Å². The minimum atomic E-state index is -0.107. The van der Waals surface area contributed by atoms with Gasteiger partial charge in [-0.3, -0.25) is 9.48 Å². The van der Waals surface area contributed by atoms with Gasteiger partial charge in [0.05, 0.1) is 12.2 Å². The van der Waals surface area contributed by atoms with Gasteiger partial charge in [0.1, 0.15) is 5.69 Å². The van der Waals surface area contributed by atoms with Gasteiger partial charge in [-0.15, -0.1) is 0 Å². The molecule has 114 valence electrons. The van der Waals surface area contributed by atoms with Crippen molar-refractivity contribution in [1.29, 1.82) is 0 Å². The number of rotatable bonds is 3. The highest BCUT2D eigenvalue weighted by Gasteiger charge is 2.16. The predicted octanol–water partition coefficient (Wildman–Crippen LogP) is 3.01. The van der Waals surface area contributed by atoms with E-state index in [-0.39, 0.29) is 11.9 Å². The number of hydrogen-bond acceptors (Lipinski definition) is 2. The van der Waals surface area contributed by atoms with Crippen LogP contribution in [0.4, 0.5) is 0 Å². The fraction of sp³-hybridized carbons (Fsp3) is 0.294. The highest BCUT2D eigenvalue weighted by molar-refractivity contribution is 5.98. The number of carbonyl (C=O) groups is 1. The van der Waals surface area contributed by atoms with Crippen molar-refractivity contribution in [3.8, 4) is 0 Å². The number of benzene rings is 1. The third kappa shape index (κ3) is 2.50. The molecule has 3 rings (SSSR count). The second kappa shape index (κ2) is 5.33. The molecule has 5 heteroatoms. The van der Waals surface area contributed by atoms with Gasteiger partial charge in [-0.05, 0) is 38.5 Å². The Bertz CT molecular complexity index is 844. The van der Waals surface area contributed by atoms with E-state index in [2.05, 4.69) is 15.4 Å². The summed E-state index contributed by atoms with van der Waals surface area (Å²) in [6, 6.07) is 7.90. The van der Waals surface area contributed by atoms with Crippen LogP contribution in [-0.2, 0) is 7.05 Å². The van der Waals surface area contributed by atoms with Gasteiger partial charge in [0, 0.05) is 29.2 Å². The number of aryl methyl sites for hydroxylation is 2. The summed E-state index contributed by atoms with van der Waals surface area (Å²) in [5.74, 6) is -0.107. The van der Waals surface area contributed by atoms with Gasteiger partial charge in [-0.2, -0.15) is 5.10 Å². The van der Waals surface area contributed by atoms with Crippen LogP contribution in [-0.4, -0.2) is 20.7 Å². The Labute approximate surface area is 129 Å². The molecule has 0 spiro atoms. The van der Waals surface area contributed by atoms with Crippen molar-refractivity contribution in [2.75, 3.05) is 0 Å². The highest BCUT2D eigenvalue weighted by atomic mass is 16.1. The quantitative estimate of drug-likeness (QED) is 0.780. The van der Waals surface area contributed by atoms with Gasteiger partial charge in [-0.25, -0.2) is 0 Å². The van der Waals surface area contributed by atoms with Crippen LogP contribution in [0, 0.1) is 13.8 Å². The third-order valence-electron chi connectivity index (χ3n) is 4.11. The summed E-state index contributed by atoms with van der Waals surface area (Å²) in [4.78, 5) is 15.6. The molecule has 1 amide bonds. The van der Waals surface area contributed by atoms with Crippen molar-refractivity contribution in [3.63, 3.8) is 0 Å². The van der Waals surface area contributed by atoms with Crippen LogP contribution in [0.25, 0.3) is 10.9 Å². The molecule has 1 atom stereocenters. The maximum atomic E-state index is 12.4. The minimum absolute atomic E-state index is 0.0886. The lowest BCUT2D eigenvalue weighted by atomic mass is 10.1. The summed E-state index contributed by atoms with van der Waals surface area (Å²) in [7, 11) is 1.90. The number of carbonyl (C=O) groups excluding carboxylic acids is 1. The van der Waals surface area contributed by atoms with E-state index in [1.54, 1.807) is 6.20 Å². The molecule has 2 heterocycles. The molecule has 5 nitrogen and oxygen atoms in total. The van der Waals surface area contributed by atoms with Crippen molar-refractivity contribution >= 4 is 16.8 Å². The maximum Gasteiger partial charge on any atom is 0.268 e. The van der Waals surface area contributed by atoms with Crippen molar-refractivity contribution in [1.82, 2.24) is 20.1 Å². The smallest absolute Gasteiger partial charge is 0.268 e. The van der Waals surface area contributed by atoms with E-state index in [0.29, 0.717) is 5.69 Å². The van der Waals surface area contributed by atoms with Crippen molar-refractivity contribution in [2.45, 2.75) is 26.8 Å². The summed E-state index contributed by atoms with van der Waals surface area (Å²) >= 11 is 0. The average Bonchev–Trinajstić information content (AvgIpc) is 3.03. The molecule has 0 fully saturated rings. The Morgan fingerprint density at radius 1 is 1.32 bits per heavy atom. The van der Waals surface area contributed by atoms with Gasteiger partial charge >= 0.3 is 0 Å².